The van der Waals surface area contributed by atoms with E-state index in [1.54, 1.807) is 12.4 Å². The van der Waals surface area contributed by atoms with Gasteiger partial charge in [-0.1, -0.05) is 0 Å². The zero-order chi connectivity index (χ0) is 5.82. The number of hydrogen-bond donors (Lipinski definition) is 3. The van der Waals surface area contributed by atoms with Gasteiger partial charge in [-0.05, 0) is 0 Å². The van der Waals surface area contributed by atoms with Gasteiger partial charge in [0.05, 0.1) is 6.20 Å². The van der Waals surface area contributed by atoms with Crippen LogP contribution in [0, 0.1) is 0 Å². The first-order valence-electron chi connectivity index (χ1n) is 2.34. The Morgan fingerprint density at radius 2 is 2.75 bits per heavy atom. The fourth-order valence-corrected chi connectivity index (χ4v) is 0.492. The highest BCUT2D eigenvalue weighted by Crippen LogP contribution is 1.88. The van der Waals surface area contributed by atoms with E-state index in [1.165, 1.54) is 0 Å². The average molecular weight is 112 g/mol. The van der Waals surface area contributed by atoms with Gasteiger partial charge in [-0.3, -0.25) is 16.4 Å². The van der Waals surface area contributed by atoms with Gasteiger partial charge in [0, 0.05) is 18.3 Å². The Bertz CT molecular complexity index is 134. The first-order chi connectivity index (χ1) is 3.93. The van der Waals surface area contributed by atoms with Crippen molar-refractivity contribution in [2.45, 2.75) is 6.54 Å². The molecule has 0 radical (unpaired) electrons. The van der Waals surface area contributed by atoms with Gasteiger partial charge in [-0.2, -0.15) is 5.10 Å². The van der Waals surface area contributed by atoms with Crippen molar-refractivity contribution in [2.24, 2.45) is 5.84 Å². The molecule has 1 rings (SSSR count). The summed E-state index contributed by atoms with van der Waals surface area (Å²) in [4.78, 5) is 0. The third kappa shape index (κ3) is 1.05. The maximum Gasteiger partial charge on any atom is 0.0532 e. The monoisotopic (exact) mass is 112 g/mol. The molecule has 0 saturated heterocycles. The molecule has 0 spiro atoms. The van der Waals surface area contributed by atoms with Crippen LogP contribution in [0.4, 0.5) is 0 Å². The molecule has 1 aromatic rings. The SMILES string of the molecule is NNCc1cn[nH]c1. The lowest BCUT2D eigenvalue weighted by atomic mass is 10.4. The molecule has 0 aliphatic rings. The number of nitrogens with two attached hydrogens (primary N) is 1. The molecule has 0 aromatic carbocycles. The van der Waals surface area contributed by atoms with Crippen molar-refractivity contribution in [3.8, 4) is 0 Å². The minimum absolute atomic E-state index is 0.663. The van der Waals surface area contributed by atoms with Gasteiger partial charge in [0.15, 0.2) is 0 Å². The number of aromatic amines is 1. The van der Waals surface area contributed by atoms with Crippen molar-refractivity contribution in [2.75, 3.05) is 0 Å². The molecule has 0 aliphatic carbocycles. The fourth-order valence-electron chi connectivity index (χ4n) is 0.492. The second-order valence-electron chi connectivity index (χ2n) is 1.49. The molecule has 1 aromatic heterocycles. The van der Waals surface area contributed by atoms with Gasteiger partial charge < -0.3 is 0 Å². The molecule has 0 fully saturated rings. The Morgan fingerprint density at radius 1 is 1.88 bits per heavy atom. The molecule has 4 heteroatoms. The lowest BCUT2D eigenvalue weighted by Gasteiger charge is -1.88. The summed E-state index contributed by atoms with van der Waals surface area (Å²) in [5.41, 5.74) is 3.57. The number of aromatic nitrogens is 2. The lowest BCUT2D eigenvalue weighted by Crippen LogP contribution is -2.20. The van der Waals surface area contributed by atoms with Crippen molar-refractivity contribution < 1.29 is 0 Å². The Morgan fingerprint density at radius 3 is 3.25 bits per heavy atom. The predicted octanol–water partition coefficient (Wildman–Crippen LogP) is -0.627. The van der Waals surface area contributed by atoms with Gasteiger partial charge in [0.25, 0.3) is 0 Å². The largest absolute Gasteiger partial charge is 0.285 e. The number of nitrogens with one attached hydrogen (secondary N) is 2. The second kappa shape index (κ2) is 2.44. The average Bonchev–Trinajstić information content (AvgIpc) is 2.19. The van der Waals surface area contributed by atoms with Crippen LogP contribution in [0.1, 0.15) is 5.56 Å². The van der Waals surface area contributed by atoms with E-state index in [4.69, 9.17) is 5.84 Å². The van der Waals surface area contributed by atoms with E-state index < -0.39 is 0 Å². The fraction of sp³-hybridized carbons (Fsp3) is 0.250. The molecule has 4 N–H and O–H groups in total. The maximum absolute atomic E-state index is 5.03. The van der Waals surface area contributed by atoms with Crippen LogP contribution in [0.2, 0.25) is 0 Å². The van der Waals surface area contributed by atoms with Gasteiger partial charge >= 0.3 is 0 Å². The van der Waals surface area contributed by atoms with Crippen LogP contribution in [-0.2, 0) is 6.54 Å². The third-order valence-corrected chi connectivity index (χ3v) is 0.861. The van der Waals surface area contributed by atoms with E-state index in [9.17, 15) is 0 Å². The number of nitrogens with zero attached hydrogens (tertiary/aromatic N) is 1. The summed E-state index contributed by atoms with van der Waals surface area (Å²) >= 11 is 0. The van der Waals surface area contributed by atoms with Gasteiger partial charge in [0.2, 0.25) is 0 Å². The molecular formula is C4H8N4. The normalized spacial score (nSPS) is 9.62. The zero-order valence-electron chi connectivity index (χ0n) is 4.39. The second-order valence-corrected chi connectivity index (χ2v) is 1.49. The summed E-state index contributed by atoms with van der Waals surface area (Å²) in [5.74, 6) is 5.03. The molecule has 0 atom stereocenters. The van der Waals surface area contributed by atoms with Gasteiger partial charge in [-0.25, -0.2) is 0 Å². The van der Waals surface area contributed by atoms with Crippen molar-refractivity contribution in [1.29, 1.82) is 0 Å². The topological polar surface area (TPSA) is 66.7 Å². The molecule has 0 saturated carbocycles. The van der Waals surface area contributed by atoms with Crippen molar-refractivity contribution in [3.63, 3.8) is 0 Å². The smallest absolute Gasteiger partial charge is 0.0532 e. The van der Waals surface area contributed by atoms with E-state index in [1.807, 2.05) is 0 Å². The molecule has 8 heavy (non-hydrogen) atoms. The van der Waals surface area contributed by atoms with Crippen LogP contribution in [0.25, 0.3) is 0 Å². The van der Waals surface area contributed by atoms with Crippen LogP contribution in [-0.4, -0.2) is 10.2 Å². The van der Waals surface area contributed by atoms with Crippen LogP contribution >= 0.6 is 0 Å². The van der Waals surface area contributed by atoms with E-state index in [-0.39, 0.29) is 0 Å². The predicted molar refractivity (Wildman–Crippen MR) is 29.6 cm³/mol. The molecule has 44 valence electrons. The molecule has 1 heterocycles. The summed E-state index contributed by atoms with van der Waals surface area (Å²) < 4.78 is 0. The molecule has 0 amide bonds. The molecule has 0 unspecified atom stereocenters. The Kier molecular flexibility index (Phi) is 1.61. The summed E-state index contributed by atoms with van der Waals surface area (Å²) in [6, 6.07) is 0. The number of hydrazine groups is 1. The first-order valence-corrected chi connectivity index (χ1v) is 2.34. The summed E-state index contributed by atoms with van der Waals surface area (Å²) in [6.07, 6.45) is 3.51. The molecule has 0 aliphatic heterocycles. The van der Waals surface area contributed by atoms with E-state index in [2.05, 4.69) is 15.6 Å². The van der Waals surface area contributed by atoms with Crippen LogP contribution in [0.15, 0.2) is 12.4 Å². The Balaban J connectivity index is 2.50. The highest BCUT2D eigenvalue weighted by Gasteiger charge is 1.86. The highest BCUT2D eigenvalue weighted by atomic mass is 15.2. The zero-order valence-corrected chi connectivity index (χ0v) is 4.39. The third-order valence-electron chi connectivity index (χ3n) is 0.861. The van der Waals surface area contributed by atoms with Crippen LogP contribution in [0.3, 0.4) is 0 Å². The summed E-state index contributed by atoms with van der Waals surface area (Å²) in [6.45, 7) is 0.663. The van der Waals surface area contributed by atoms with E-state index >= 15 is 0 Å². The molecule has 4 nitrogen and oxygen atoms in total. The van der Waals surface area contributed by atoms with Gasteiger partial charge in [0.1, 0.15) is 0 Å². The maximum atomic E-state index is 5.03. The van der Waals surface area contributed by atoms with E-state index in [0.29, 0.717) is 6.54 Å². The number of H-pyrrole nitrogens is 1. The van der Waals surface area contributed by atoms with Crippen molar-refractivity contribution >= 4 is 0 Å². The minimum Gasteiger partial charge on any atom is -0.285 e. The van der Waals surface area contributed by atoms with Crippen molar-refractivity contribution in [3.05, 3.63) is 18.0 Å². The van der Waals surface area contributed by atoms with Crippen LogP contribution < -0.4 is 11.3 Å². The molecular weight excluding hydrogens is 104 g/mol. The van der Waals surface area contributed by atoms with Crippen molar-refractivity contribution in [1.82, 2.24) is 15.6 Å². The quantitative estimate of drug-likeness (QED) is 0.352. The van der Waals surface area contributed by atoms with Crippen LogP contribution in [0.5, 0.6) is 0 Å². The number of rotatable bonds is 2. The molecule has 0 bridgehead atoms. The minimum atomic E-state index is 0.663. The van der Waals surface area contributed by atoms with E-state index in [0.717, 1.165) is 5.56 Å². The first kappa shape index (κ1) is 5.27. The standard InChI is InChI=1S/C4H8N4/c5-6-1-4-2-7-8-3-4/h2-3,6H,1,5H2,(H,7,8). The Labute approximate surface area is 47.1 Å². The lowest BCUT2D eigenvalue weighted by molar-refractivity contribution is 0.742. The van der Waals surface area contributed by atoms with Gasteiger partial charge in [-0.15, -0.1) is 0 Å². The Hall–Kier alpha value is -0.870. The highest BCUT2D eigenvalue weighted by molar-refractivity contribution is 5.00. The summed E-state index contributed by atoms with van der Waals surface area (Å²) in [5, 5.41) is 6.39. The summed E-state index contributed by atoms with van der Waals surface area (Å²) in [7, 11) is 0. The number of hydrogen-bond acceptors (Lipinski definition) is 3.